The summed E-state index contributed by atoms with van der Waals surface area (Å²) < 4.78 is 6.24. The van der Waals surface area contributed by atoms with E-state index in [0.29, 0.717) is 5.56 Å². The lowest BCUT2D eigenvalue weighted by Crippen LogP contribution is -2.24. The van der Waals surface area contributed by atoms with E-state index in [4.69, 9.17) is 4.74 Å². The van der Waals surface area contributed by atoms with E-state index in [1.165, 1.54) is 0 Å². The molecule has 0 atom stereocenters. The number of aromatic nitrogens is 1. The molecule has 0 aliphatic rings. The SMILES string of the molecule is CC(C)(C)OC(=O)c1cc(Br)cc2cc[nH]c12. The predicted octanol–water partition coefficient (Wildman–Crippen LogP) is 3.89. The van der Waals surface area contributed by atoms with Crippen LogP contribution in [0.2, 0.25) is 0 Å². The highest BCUT2D eigenvalue weighted by Crippen LogP contribution is 2.25. The molecule has 3 nitrogen and oxygen atoms in total. The number of carbonyl (C=O) groups is 1. The Bertz CT molecular complexity index is 566. The minimum Gasteiger partial charge on any atom is -0.456 e. The first-order chi connectivity index (χ1) is 7.87. The minimum atomic E-state index is -0.488. The fraction of sp³-hybridized carbons (Fsp3) is 0.308. The average molecular weight is 296 g/mol. The van der Waals surface area contributed by atoms with Crippen molar-refractivity contribution in [1.82, 2.24) is 4.98 Å². The summed E-state index contributed by atoms with van der Waals surface area (Å²) >= 11 is 3.39. The molecule has 0 aliphatic heterocycles. The van der Waals surface area contributed by atoms with Gasteiger partial charge in [-0.3, -0.25) is 0 Å². The molecule has 0 bridgehead atoms. The summed E-state index contributed by atoms with van der Waals surface area (Å²) in [5, 5.41) is 0.986. The topological polar surface area (TPSA) is 42.1 Å². The lowest BCUT2D eigenvalue weighted by atomic mass is 10.1. The molecule has 4 heteroatoms. The number of H-pyrrole nitrogens is 1. The lowest BCUT2D eigenvalue weighted by molar-refractivity contribution is 0.00716. The minimum absolute atomic E-state index is 0.314. The van der Waals surface area contributed by atoms with Crippen molar-refractivity contribution in [2.24, 2.45) is 0 Å². The number of hydrogen-bond acceptors (Lipinski definition) is 2. The van der Waals surface area contributed by atoms with Gasteiger partial charge < -0.3 is 9.72 Å². The van der Waals surface area contributed by atoms with E-state index in [1.54, 1.807) is 6.07 Å². The Balaban J connectivity index is 2.47. The average Bonchev–Trinajstić information content (AvgIpc) is 2.60. The maximum atomic E-state index is 12.1. The van der Waals surface area contributed by atoms with E-state index < -0.39 is 5.60 Å². The Hall–Kier alpha value is -1.29. The van der Waals surface area contributed by atoms with Crippen LogP contribution in [-0.4, -0.2) is 16.6 Å². The summed E-state index contributed by atoms with van der Waals surface area (Å²) in [5.74, 6) is -0.314. The second-order valence-electron chi connectivity index (χ2n) is 4.90. The van der Waals surface area contributed by atoms with Crippen molar-refractivity contribution < 1.29 is 9.53 Å². The van der Waals surface area contributed by atoms with Crippen molar-refractivity contribution in [2.45, 2.75) is 26.4 Å². The van der Waals surface area contributed by atoms with Crippen molar-refractivity contribution in [1.29, 1.82) is 0 Å². The molecule has 0 aliphatic carbocycles. The third-order valence-corrected chi connectivity index (χ3v) is 2.70. The molecular weight excluding hydrogens is 282 g/mol. The summed E-state index contributed by atoms with van der Waals surface area (Å²) in [6.45, 7) is 5.57. The van der Waals surface area contributed by atoms with Crippen molar-refractivity contribution in [3.63, 3.8) is 0 Å². The summed E-state index contributed by atoms with van der Waals surface area (Å²) in [6, 6.07) is 5.65. The van der Waals surface area contributed by atoms with Gasteiger partial charge in [0.15, 0.2) is 0 Å². The highest BCUT2D eigenvalue weighted by molar-refractivity contribution is 9.10. The summed E-state index contributed by atoms with van der Waals surface area (Å²) in [6.07, 6.45) is 1.81. The first kappa shape index (κ1) is 12.2. The number of halogens is 1. The Morgan fingerprint density at radius 2 is 2.06 bits per heavy atom. The van der Waals surface area contributed by atoms with Crippen LogP contribution in [0.4, 0.5) is 0 Å². The number of benzene rings is 1. The van der Waals surface area contributed by atoms with Crippen LogP contribution >= 0.6 is 15.9 Å². The molecule has 0 saturated carbocycles. The molecule has 1 aromatic carbocycles. The monoisotopic (exact) mass is 295 g/mol. The third-order valence-electron chi connectivity index (χ3n) is 2.24. The van der Waals surface area contributed by atoms with Gasteiger partial charge in [-0.05, 0) is 39.0 Å². The highest BCUT2D eigenvalue weighted by atomic mass is 79.9. The summed E-state index contributed by atoms with van der Waals surface area (Å²) in [7, 11) is 0. The number of esters is 1. The fourth-order valence-electron chi connectivity index (χ4n) is 1.63. The van der Waals surface area contributed by atoms with E-state index in [0.717, 1.165) is 15.4 Å². The molecule has 2 aromatic rings. The van der Waals surface area contributed by atoms with Gasteiger partial charge in [0.25, 0.3) is 0 Å². The molecule has 0 radical (unpaired) electrons. The van der Waals surface area contributed by atoms with Crippen LogP contribution in [0, 0.1) is 0 Å². The van der Waals surface area contributed by atoms with Gasteiger partial charge in [0.2, 0.25) is 0 Å². The normalized spacial score (nSPS) is 11.8. The van der Waals surface area contributed by atoms with Crippen molar-refractivity contribution in [2.75, 3.05) is 0 Å². The van der Waals surface area contributed by atoms with Crippen LogP contribution < -0.4 is 0 Å². The number of aromatic amines is 1. The molecular formula is C13H14BrNO2. The summed E-state index contributed by atoms with van der Waals surface area (Å²) in [5.41, 5.74) is 0.870. The zero-order valence-electron chi connectivity index (χ0n) is 10.0. The van der Waals surface area contributed by atoms with E-state index >= 15 is 0 Å². The fourth-order valence-corrected chi connectivity index (χ4v) is 2.10. The Morgan fingerprint density at radius 3 is 2.71 bits per heavy atom. The van der Waals surface area contributed by atoms with Gasteiger partial charge in [0.1, 0.15) is 5.60 Å². The predicted molar refractivity (Wildman–Crippen MR) is 71.2 cm³/mol. The zero-order valence-corrected chi connectivity index (χ0v) is 11.6. The molecule has 0 saturated heterocycles. The third kappa shape index (κ3) is 2.69. The van der Waals surface area contributed by atoms with Gasteiger partial charge in [-0.25, -0.2) is 4.79 Å². The van der Waals surface area contributed by atoms with Crippen LogP contribution in [0.1, 0.15) is 31.1 Å². The number of hydrogen-bond donors (Lipinski definition) is 1. The molecule has 1 heterocycles. The number of carbonyl (C=O) groups excluding carboxylic acids is 1. The Kier molecular flexibility index (Phi) is 3.00. The molecule has 90 valence electrons. The second-order valence-corrected chi connectivity index (χ2v) is 5.81. The van der Waals surface area contributed by atoms with Crippen LogP contribution in [0.5, 0.6) is 0 Å². The first-order valence-electron chi connectivity index (χ1n) is 5.37. The van der Waals surface area contributed by atoms with Gasteiger partial charge in [-0.1, -0.05) is 15.9 Å². The number of fused-ring (bicyclic) bond motifs is 1. The highest BCUT2D eigenvalue weighted by Gasteiger charge is 2.20. The molecule has 1 aromatic heterocycles. The maximum Gasteiger partial charge on any atom is 0.340 e. The lowest BCUT2D eigenvalue weighted by Gasteiger charge is -2.19. The van der Waals surface area contributed by atoms with Crippen molar-refractivity contribution in [3.8, 4) is 0 Å². The standard InChI is InChI=1S/C13H14BrNO2/c1-13(2,3)17-12(16)10-7-9(14)6-8-4-5-15-11(8)10/h4-7,15H,1-3H3. The van der Waals surface area contributed by atoms with Crippen LogP contribution in [0.15, 0.2) is 28.9 Å². The Labute approximate surface area is 108 Å². The molecule has 0 amide bonds. The van der Waals surface area contributed by atoms with Gasteiger partial charge in [-0.15, -0.1) is 0 Å². The van der Waals surface area contributed by atoms with Crippen LogP contribution in [-0.2, 0) is 4.74 Å². The number of nitrogens with one attached hydrogen (secondary N) is 1. The van der Waals surface area contributed by atoms with Gasteiger partial charge in [0.05, 0.1) is 11.1 Å². The van der Waals surface area contributed by atoms with E-state index in [2.05, 4.69) is 20.9 Å². The Morgan fingerprint density at radius 1 is 1.35 bits per heavy atom. The van der Waals surface area contributed by atoms with Crippen LogP contribution in [0.3, 0.4) is 0 Å². The molecule has 1 N–H and O–H groups in total. The molecule has 2 rings (SSSR count). The van der Waals surface area contributed by atoms with E-state index in [1.807, 2.05) is 39.1 Å². The smallest absolute Gasteiger partial charge is 0.340 e. The van der Waals surface area contributed by atoms with Crippen molar-refractivity contribution >= 4 is 32.8 Å². The van der Waals surface area contributed by atoms with E-state index in [-0.39, 0.29) is 5.97 Å². The largest absolute Gasteiger partial charge is 0.456 e. The van der Waals surface area contributed by atoms with Gasteiger partial charge in [0, 0.05) is 16.1 Å². The van der Waals surface area contributed by atoms with Crippen LogP contribution in [0.25, 0.3) is 10.9 Å². The molecule has 17 heavy (non-hydrogen) atoms. The van der Waals surface area contributed by atoms with E-state index in [9.17, 15) is 4.79 Å². The van der Waals surface area contributed by atoms with Crippen molar-refractivity contribution in [3.05, 3.63) is 34.4 Å². The maximum absolute atomic E-state index is 12.1. The second kappa shape index (κ2) is 4.18. The summed E-state index contributed by atoms with van der Waals surface area (Å²) in [4.78, 5) is 15.1. The molecule has 0 fully saturated rings. The quantitative estimate of drug-likeness (QED) is 0.811. The molecule has 0 spiro atoms. The van der Waals surface area contributed by atoms with Gasteiger partial charge >= 0.3 is 5.97 Å². The van der Waals surface area contributed by atoms with Gasteiger partial charge in [-0.2, -0.15) is 0 Å². The number of rotatable bonds is 1. The first-order valence-corrected chi connectivity index (χ1v) is 6.16. The zero-order chi connectivity index (χ0) is 12.6. The number of ether oxygens (including phenoxy) is 1. The molecule has 0 unspecified atom stereocenters.